The lowest BCUT2D eigenvalue weighted by atomic mass is 9.96. The fourth-order valence-corrected chi connectivity index (χ4v) is 3.35. The lowest BCUT2D eigenvalue weighted by molar-refractivity contribution is -0.0319. The molecule has 0 saturated carbocycles. The number of hydrogen-bond acceptors (Lipinski definition) is 3. The number of rotatable bonds is 6. The Hall–Kier alpha value is -0.120. The number of nitrogens with zero attached hydrogens (tertiary/aromatic N) is 1. The van der Waals surface area contributed by atoms with E-state index in [9.17, 15) is 0 Å². The first kappa shape index (κ1) is 15.3. The predicted molar refractivity (Wildman–Crippen MR) is 80.5 cm³/mol. The van der Waals surface area contributed by atoms with Crippen LogP contribution in [-0.4, -0.2) is 49.3 Å². The molecule has 0 aromatic rings. The van der Waals surface area contributed by atoms with E-state index in [0.29, 0.717) is 6.10 Å². The maximum Gasteiger partial charge on any atom is 0.0710 e. The van der Waals surface area contributed by atoms with Gasteiger partial charge in [-0.15, -0.1) is 0 Å². The van der Waals surface area contributed by atoms with Gasteiger partial charge in [0.1, 0.15) is 0 Å². The van der Waals surface area contributed by atoms with Crippen LogP contribution in [0.1, 0.15) is 52.9 Å². The largest absolute Gasteiger partial charge is 0.371 e. The Morgan fingerprint density at radius 1 is 1.21 bits per heavy atom. The summed E-state index contributed by atoms with van der Waals surface area (Å²) in [6.45, 7) is 12.7. The summed E-state index contributed by atoms with van der Waals surface area (Å²) < 4.78 is 6.10. The minimum Gasteiger partial charge on any atom is -0.371 e. The first-order valence-electron chi connectivity index (χ1n) is 8.20. The van der Waals surface area contributed by atoms with Crippen molar-refractivity contribution < 1.29 is 4.74 Å². The van der Waals surface area contributed by atoms with Crippen molar-refractivity contribution in [2.45, 2.75) is 64.6 Å². The second kappa shape index (κ2) is 7.05. The van der Waals surface area contributed by atoms with Crippen molar-refractivity contribution in [2.75, 3.05) is 32.7 Å². The summed E-state index contributed by atoms with van der Waals surface area (Å²) in [6, 6.07) is 0. The molecular weight excluding hydrogens is 236 g/mol. The van der Waals surface area contributed by atoms with Gasteiger partial charge in [0.15, 0.2) is 0 Å². The average molecular weight is 268 g/mol. The van der Waals surface area contributed by atoms with E-state index in [-0.39, 0.29) is 5.60 Å². The van der Waals surface area contributed by atoms with E-state index >= 15 is 0 Å². The highest BCUT2D eigenvalue weighted by Crippen LogP contribution is 2.30. The Balaban J connectivity index is 1.61. The quantitative estimate of drug-likeness (QED) is 0.750. The van der Waals surface area contributed by atoms with E-state index in [1.54, 1.807) is 0 Å². The molecule has 0 bridgehead atoms. The van der Waals surface area contributed by atoms with Crippen LogP contribution in [0.4, 0.5) is 0 Å². The second-order valence-corrected chi connectivity index (χ2v) is 6.99. The standard InChI is InChI=1S/C16H32N2O/c1-4-9-17-12-14-6-10-18(11-7-14)13-15-5-8-16(2,3)19-15/h14-15,17H,4-13H2,1-3H3. The molecule has 1 atom stereocenters. The molecular formula is C16H32N2O. The van der Waals surface area contributed by atoms with Crippen molar-refractivity contribution in [3.05, 3.63) is 0 Å². The molecule has 2 fully saturated rings. The van der Waals surface area contributed by atoms with E-state index in [0.717, 1.165) is 12.5 Å². The number of ether oxygens (including phenoxy) is 1. The zero-order chi connectivity index (χ0) is 13.7. The predicted octanol–water partition coefficient (Wildman–Crippen LogP) is 2.66. The van der Waals surface area contributed by atoms with E-state index in [1.165, 1.54) is 58.3 Å². The lowest BCUT2D eigenvalue weighted by Gasteiger charge is -2.33. The van der Waals surface area contributed by atoms with Crippen LogP contribution in [0.3, 0.4) is 0 Å². The molecule has 0 aromatic carbocycles. The van der Waals surface area contributed by atoms with Gasteiger partial charge in [0.05, 0.1) is 11.7 Å². The van der Waals surface area contributed by atoms with E-state index in [4.69, 9.17) is 4.74 Å². The summed E-state index contributed by atoms with van der Waals surface area (Å²) in [4.78, 5) is 2.61. The Kier molecular flexibility index (Phi) is 5.67. The summed E-state index contributed by atoms with van der Waals surface area (Å²) in [5.41, 5.74) is 0.118. The molecule has 0 amide bonds. The van der Waals surface area contributed by atoms with E-state index in [2.05, 4.69) is 31.0 Å². The second-order valence-electron chi connectivity index (χ2n) is 6.99. The summed E-state index contributed by atoms with van der Waals surface area (Å²) in [5, 5.41) is 3.56. The number of piperidine rings is 1. The summed E-state index contributed by atoms with van der Waals surface area (Å²) in [5.74, 6) is 0.892. The first-order chi connectivity index (χ1) is 9.09. The van der Waals surface area contributed by atoms with Crippen molar-refractivity contribution in [2.24, 2.45) is 5.92 Å². The van der Waals surface area contributed by atoms with Gasteiger partial charge in [-0.3, -0.25) is 0 Å². The highest BCUT2D eigenvalue weighted by atomic mass is 16.5. The van der Waals surface area contributed by atoms with Gasteiger partial charge in [0.2, 0.25) is 0 Å². The Labute approximate surface area is 119 Å². The van der Waals surface area contributed by atoms with Crippen LogP contribution in [0.25, 0.3) is 0 Å². The molecule has 0 aliphatic carbocycles. The summed E-state index contributed by atoms with van der Waals surface area (Å²) in [6.07, 6.45) is 6.89. The van der Waals surface area contributed by atoms with Crippen LogP contribution in [0.5, 0.6) is 0 Å². The SMILES string of the molecule is CCCNCC1CCN(CC2CCC(C)(C)O2)CC1. The molecule has 2 aliphatic rings. The third kappa shape index (κ3) is 5.05. The molecule has 2 saturated heterocycles. The van der Waals surface area contributed by atoms with Crippen LogP contribution in [0.15, 0.2) is 0 Å². The monoisotopic (exact) mass is 268 g/mol. The third-order valence-corrected chi connectivity index (χ3v) is 4.58. The van der Waals surface area contributed by atoms with Gasteiger partial charge in [-0.25, -0.2) is 0 Å². The highest BCUT2D eigenvalue weighted by molar-refractivity contribution is 4.84. The lowest BCUT2D eigenvalue weighted by Crippen LogP contribution is -2.41. The normalized spacial score (nSPS) is 28.9. The fourth-order valence-electron chi connectivity index (χ4n) is 3.35. The average Bonchev–Trinajstić information content (AvgIpc) is 2.71. The first-order valence-corrected chi connectivity index (χ1v) is 8.20. The molecule has 1 N–H and O–H groups in total. The van der Waals surface area contributed by atoms with Crippen LogP contribution >= 0.6 is 0 Å². The maximum atomic E-state index is 6.10. The highest BCUT2D eigenvalue weighted by Gasteiger charge is 2.33. The van der Waals surface area contributed by atoms with Crippen LogP contribution < -0.4 is 5.32 Å². The topological polar surface area (TPSA) is 24.5 Å². The van der Waals surface area contributed by atoms with Crippen molar-refractivity contribution in [1.82, 2.24) is 10.2 Å². The molecule has 2 aliphatic heterocycles. The number of nitrogens with one attached hydrogen (secondary N) is 1. The molecule has 3 heteroatoms. The van der Waals surface area contributed by atoms with Gasteiger partial charge in [0, 0.05) is 6.54 Å². The molecule has 0 spiro atoms. The Bertz CT molecular complexity index is 259. The summed E-state index contributed by atoms with van der Waals surface area (Å²) >= 11 is 0. The minimum absolute atomic E-state index is 0.118. The molecule has 1 unspecified atom stereocenters. The van der Waals surface area contributed by atoms with Crippen molar-refractivity contribution >= 4 is 0 Å². The fraction of sp³-hybridized carbons (Fsp3) is 1.00. The van der Waals surface area contributed by atoms with Gasteiger partial charge >= 0.3 is 0 Å². The summed E-state index contributed by atoms with van der Waals surface area (Å²) in [7, 11) is 0. The smallest absolute Gasteiger partial charge is 0.0710 e. The van der Waals surface area contributed by atoms with Crippen molar-refractivity contribution in [3.8, 4) is 0 Å². The van der Waals surface area contributed by atoms with Gasteiger partial charge in [-0.05, 0) is 78.0 Å². The van der Waals surface area contributed by atoms with E-state index < -0.39 is 0 Å². The zero-order valence-electron chi connectivity index (χ0n) is 13.1. The van der Waals surface area contributed by atoms with Crippen LogP contribution in [0, 0.1) is 5.92 Å². The maximum absolute atomic E-state index is 6.10. The van der Waals surface area contributed by atoms with Crippen LogP contribution in [0.2, 0.25) is 0 Å². The molecule has 2 heterocycles. The molecule has 2 rings (SSSR count). The van der Waals surface area contributed by atoms with Crippen molar-refractivity contribution in [1.29, 1.82) is 0 Å². The van der Waals surface area contributed by atoms with Gasteiger partial charge < -0.3 is 15.0 Å². The molecule has 19 heavy (non-hydrogen) atoms. The third-order valence-electron chi connectivity index (χ3n) is 4.58. The van der Waals surface area contributed by atoms with E-state index in [1.807, 2.05) is 0 Å². The van der Waals surface area contributed by atoms with Gasteiger partial charge in [-0.1, -0.05) is 6.92 Å². The number of likely N-dealkylation sites (tertiary alicyclic amines) is 1. The number of hydrogen-bond donors (Lipinski definition) is 1. The Morgan fingerprint density at radius 3 is 2.53 bits per heavy atom. The van der Waals surface area contributed by atoms with Gasteiger partial charge in [0.25, 0.3) is 0 Å². The molecule has 112 valence electrons. The molecule has 0 radical (unpaired) electrons. The molecule has 3 nitrogen and oxygen atoms in total. The van der Waals surface area contributed by atoms with Gasteiger partial charge in [-0.2, -0.15) is 0 Å². The Morgan fingerprint density at radius 2 is 1.95 bits per heavy atom. The minimum atomic E-state index is 0.118. The van der Waals surface area contributed by atoms with Crippen LogP contribution in [-0.2, 0) is 4.74 Å². The zero-order valence-corrected chi connectivity index (χ0v) is 13.1. The molecule has 0 aromatic heterocycles. The van der Waals surface area contributed by atoms with Crippen molar-refractivity contribution in [3.63, 3.8) is 0 Å².